The molecule has 1 fully saturated rings. The van der Waals surface area contributed by atoms with E-state index >= 15 is 0 Å². The van der Waals surface area contributed by atoms with Gasteiger partial charge in [0, 0.05) is 12.7 Å². The molecule has 0 bridgehead atoms. The second-order valence-corrected chi connectivity index (χ2v) is 5.25. The van der Waals surface area contributed by atoms with E-state index in [0.29, 0.717) is 11.1 Å². The summed E-state index contributed by atoms with van der Waals surface area (Å²) in [6.07, 6.45) is -2.07. The SMILES string of the molecule is CCCCNC[C@H]1O[C@@H](n2ccc(N)nc2=O)C(F)(F)[C@@H]1O. The molecule has 0 radical (unpaired) electrons. The average molecular weight is 318 g/mol. The molecule has 0 unspecified atom stereocenters. The molecule has 22 heavy (non-hydrogen) atoms. The van der Waals surface area contributed by atoms with Crippen molar-refractivity contribution in [2.75, 3.05) is 18.8 Å². The number of aliphatic hydroxyl groups is 1. The third-order valence-electron chi connectivity index (χ3n) is 3.54. The van der Waals surface area contributed by atoms with Crippen molar-refractivity contribution in [3.63, 3.8) is 0 Å². The van der Waals surface area contributed by atoms with E-state index in [1.807, 2.05) is 6.92 Å². The van der Waals surface area contributed by atoms with Crippen LogP contribution in [0.2, 0.25) is 0 Å². The van der Waals surface area contributed by atoms with Crippen LogP contribution >= 0.6 is 0 Å². The van der Waals surface area contributed by atoms with Crippen molar-refractivity contribution in [2.24, 2.45) is 0 Å². The Balaban J connectivity index is 2.13. The van der Waals surface area contributed by atoms with Gasteiger partial charge in [0.2, 0.25) is 6.23 Å². The van der Waals surface area contributed by atoms with Crippen molar-refractivity contribution in [3.05, 3.63) is 22.7 Å². The number of nitrogens with one attached hydrogen (secondary N) is 1. The van der Waals surface area contributed by atoms with Crippen LogP contribution in [-0.2, 0) is 4.74 Å². The van der Waals surface area contributed by atoms with E-state index in [9.17, 15) is 18.7 Å². The third kappa shape index (κ3) is 3.26. The van der Waals surface area contributed by atoms with Crippen LogP contribution in [0.1, 0.15) is 26.0 Å². The number of nitrogens with zero attached hydrogens (tertiary/aromatic N) is 2. The first-order valence-corrected chi connectivity index (χ1v) is 7.14. The molecule has 1 aliphatic heterocycles. The highest BCUT2D eigenvalue weighted by molar-refractivity contribution is 5.23. The Labute approximate surface area is 126 Å². The van der Waals surface area contributed by atoms with Crippen LogP contribution < -0.4 is 16.7 Å². The van der Waals surface area contributed by atoms with E-state index in [0.717, 1.165) is 19.0 Å². The number of rotatable bonds is 6. The molecule has 124 valence electrons. The summed E-state index contributed by atoms with van der Waals surface area (Å²) in [6, 6.07) is 1.22. The highest BCUT2D eigenvalue weighted by Gasteiger charge is 2.59. The Kier molecular flexibility index (Phi) is 5.09. The number of unbranched alkanes of at least 4 members (excludes halogenated alkanes) is 1. The van der Waals surface area contributed by atoms with Gasteiger partial charge in [-0.1, -0.05) is 13.3 Å². The Morgan fingerprint density at radius 3 is 2.95 bits per heavy atom. The van der Waals surface area contributed by atoms with E-state index in [1.54, 1.807) is 0 Å². The molecule has 1 aliphatic rings. The van der Waals surface area contributed by atoms with E-state index in [4.69, 9.17) is 10.5 Å². The summed E-state index contributed by atoms with van der Waals surface area (Å²) < 4.78 is 34.2. The molecule has 9 heteroatoms. The van der Waals surface area contributed by atoms with Crippen molar-refractivity contribution in [2.45, 2.75) is 44.1 Å². The van der Waals surface area contributed by atoms with Gasteiger partial charge in [0.1, 0.15) is 18.0 Å². The molecule has 1 aromatic rings. The van der Waals surface area contributed by atoms with Crippen molar-refractivity contribution in [1.82, 2.24) is 14.9 Å². The molecule has 0 amide bonds. The number of halogens is 2. The van der Waals surface area contributed by atoms with E-state index < -0.39 is 30.0 Å². The summed E-state index contributed by atoms with van der Waals surface area (Å²) in [5, 5.41) is 12.7. The van der Waals surface area contributed by atoms with Crippen molar-refractivity contribution >= 4 is 5.82 Å². The number of aliphatic hydroxyl groups excluding tert-OH is 1. The number of hydrogen-bond acceptors (Lipinski definition) is 6. The zero-order chi connectivity index (χ0) is 16.3. The van der Waals surface area contributed by atoms with Gasteiger partial charge in [0.25, 0.3) is 0 Å². The second-order valence-electron chi connectivity index (χ2n) is 5.25. The number of hydrogen-bond donors (Lipinski definition) is 3. The molecule has 2 heterocycles. The maximum Gasteiger partial charge on any atom is 0.351 e. The number of nitrogen functional groups attached to an aromatic ring is 1. The Hall–Kier alpha value is -1.58. The van der Waals surface area contributed by atoms with Crippen LogP contribution in [0.25, 0.3) is 0 Å². The van der Waals surface area contributed by atoms with E-state index in [-0.39, 0.29) is 12.4 Å². The molecule has 7 nitrogen and oxygen atoms in total. The number of ether oxygens (including phenoxy) is 1. The van der Waals surface area contributed by atoms with Crippen LogP contribution in [0.4, 0.5) is 14.6 Å². The molecule has 1 saturated heterocycles. The molecule has 0 aromatic carbocycles. The topological polar surface area (TPSA) is 102 Å². The highest BCUT2D eigenvalue weighted by Crippen LogP contribution is 2.41. The standard InChI is InChI=1S/C13H20F2N4O3/c1-2-3-5-17-7-8-10(20)13(14,15)11(22-8)19-6-4-9(16)18-12(19)21/h4,6,8,10-11,17,20H,2-3,5,7H2,1H3,(H2,16,18,21)/t8-,10-,11-/m1/s1. The lowest BCUT2D eigenvalue weighted by atomic mass is 10.1. The summed E-state index contributed by atoms with van der Waals surface area (Å²) in [6.45, 7) is 2.72. The van der Waals surface area contributed by atoms with Crippen LogP contribution in [-0.4, -0.2) is 45.9 Å². The van der Waals surface area contributed by atoms with Crippen molar-refractivity contribution in [1.29, 1.82) is 0 Å². The van der Waals surface area contributed by atoms with E-state index in [2.05, 4.69) is 10.3 Å². The fourth-order valence-corrected chi connectivity index (χ4v) is 2.29. The Morgan fingerprint density at radius 2 is 2.32 bits per heavy atom. The summed E-state index contributed by atoms with van der Waals surface area (Å²) >= 11 is 0. The summed E-state index contributed by atoms with van der Waals surface area (Å²) in [4.78, 5) is 15.1. The first-order chi connectivity index (χ1) is 10.4. The smallest absolute Gasteiger partial charge is 0.351 e. The predicted molar refractivity (Wildman–Crippen MR) is 75.6 cm³/mol. The number of aromatic nitrogens is 2. The quantitative estimate of drug-likeness (QED) is 0.643. The van der Waals surface area contributed by atoms with Gasteiger partial charge >= 0.3 is 11.6 Å². The van der Waals surface area contributed by atoms with Crippen LogP contribution in [0.3, 0.4) is 0 Å². The fourth-order valence-electron chi connectivity index (χ4n) is 2.29. The van der Waals surface area contributed by atoms with E-state index in [1.165, 1.54) is 6.07 Å². The molecular weight excluding hydrogens is 298 g/mol. The molecule has 3 atom stereocenters. The number of alkyl halides is 2. The molecule has 2 rings (SSSR count). The zero-order valence-corrected chi connectivity index (χ0v) is 12.2. The highest BCUT2D eigenvalue weighted by atomic mass is 19.3. The van der Waals surface area contributed by atoms with Crippen LogP contribution in [0.5, 0.6) is 0 Å². The Morgan fingerprint density at radius 1 is 1.59 bits per heavy atom. The fraction of sp³-hybridized carbons (Fsp3) is 0.692. The minimum absolute atomic E-state index is 0.0686. The average Bonchev–Trinajstić information content (AvgIpc) is 2.67. The van der Waals surface area contributed by atoms with Gasteiger partial charge in [-0.25, -0.2) is 4.79 Å². The molecule has 0 spiro atoms. The van der Waals surface area contributed by atoms with Gasteiger partial charge in [-0.05, 0) is 19.0 Å². The predicted octanol–water partition coefficient (Wildman–Crippen LogP) is 0.109. The Bertz CT molecular complexity index is 566. The third-order valence-corrected chi connectivity index (χ3v) is 3.54. The summed E-state index contributed by atoms with van der Waals surface area (Å²) in [7, 11) is 0. The lowest BCUT2D eigenvalue weighted by molar-refractivity contribution is -0.140. The lowest BCUT2D eigenvalue weighted by Gasteiger charge is -2.20. The normalized spacial score (nSPS) is 27.2. The molecule has 4 N–H and O–H groups in total. The van der Waals surface area contributed by atoms with Gasteiger partial charge in [0.15, 0.2) is 0 Å². The van der Waals surface area contributed by atoms with Crippen molar-refractivity contribution in [3.8, 4) is 0 Å². The van der Waals surface area contributed by atoms with Crippen LogP contribution in [0.15, 0.2) is 17.1 Å². The molecular formula is C13H20F2N4O3. The molecule has 0 aliphatic carbocycles. The number of anilines is 1. The first kappa shape index (κ1) is 16.8. The lowest BCUT2D eigenvalue weighted by Crippen LogP contribution is -2.43. The zero-order valence-electron chi connectivity index (χ0n) is 12.2. The van der Waals surface area contributed by atoms with Gasteiger partial charge in [0.05, 0.1) is 0 Å². The number of nitrogens with two attached hydrogens (primary N) is 1. The van der Waals surface area contributed by atoms with Gasteiger partial charge in [-0.15, -0.1) is 0 Å². The molecule has 0 saturated carbocycles. The minimum atomic E-state index is -3.60. The van der Waals surface area contributed by atoms with Crippen LogP contribution in [0, 0.1) is 0 Å². The first-order valence-electron chi connectivity index (χ1n) is 7.14. The van der Waals surface area contributed by atoms with Gasteiger partial charge < -0.3 is 20.9 Å². The summed E-state index contributed by atoms with van der Waals surface area (Å²) in [5.74, 6) is -3.67. The monoisotopic (exact) mass is 318 g/mol. The minimum Gasteiger partial charge on any atom is -0.384 e. The van der Waals surface area contributed by atoms with Gasteiger partial charge in [-0.2, -0.15) is 13.8 Å². The van der Waals surface area contributed by atoms with Crippen molar-refractivity contribution < 1.29 is 18.6 Å². The maximum atomic E-state index is 14.2. The summed E-state index contributed by atoms with van der Waals surface area (Å²) in [5.41, 5.74) is 4.38. The largest absolute Gasteiger partial charge is 0.384 e. The molecule has 1 aromatic heterocycles. The maximum absolute atomic E-state index is 14.2. The second kappa shape index (κ2) is 6.67. The van der Waals surface area contributed by atoms with Gasteiger partial charge in [-0.3, -0.25) is 4.57 Å².